The molecule has 0 spiro atoms. The van der Waals surface area contributed by atoms with Gasteiger partial charge in [0.15, 0.2) is 5.60 Å². The third-order valence-corrected chi connectivity index (χ3v) is 2.88. The fraction of sp³-hybridized carbons (Fsp3) is 0.667. The monoisotopic (exact) mass is 244 g/mol. The Kier molecular flexibility index (Phi) is 5.88. The van der Waals surface area contributed by atoms with Crippen molar-refractivity contribution in [2.45, 2.75) is 32.8 Å². The summed E-state index contributed by atoms with van der Waals surface area (Å²) in [4.78, 5) is 22.7. The van der Waals surface area contributed by atoms with Crippen molar-refractivity contribution in [2.75, 3.05) is 14.2 Å². The number of hydrogen-bond donors (Lipinski definition) is 1. The zero-order valence-electron chi connectivity index (χ0n) is 10.9. The van der Waals surface area contributed by atoms with Crippen molar-refractivity contribution in [3.63, 3.8) is 0 Å². The van der Waals surface area contributed by atoms with E-state index < -0.39 is 23.5 Å². The highest BCUT2D eigenvalue weighted by Gasteiger charge is 2.38. The minimum absolute atomic E-state index is 0.241. The number of hydrogen-bond acceptors (Lipinski definition) is 5. The zero-order chi connectivity index (χ0) is 13.6. The molecule has 2 atom stereocenters. The first-order chi connectivity index (χ1) is 7.81. The highest BCUT2D eigenvalue weighted by molar-refractivity contribution is 5.88. The van der Waals surface area contributed by atoms with E-state index in [4.69, 9.17) is 0 Å². The Bertz CT molecular complexity index is 317. The first-order valence-corrected chi connectivity index (χ1v) is 5.35. The van der Waals surface area contributed by atoms with Gasteiger partial charge in [-0.15, -0.1) is 0 Å². The molecule has 0 aliphatic heterocycles. The quantitative estimate of drug-likeness (QED) is 0.578. The van der Waals surface area contributed by atoms with Crippen LogP contribution in [-0.2, 0) is 19.1 Å². The molecule has 0 saturated heterocycles. The van der Waals surface area contributed by atoms with E-state index in [0.29, 0.717) is 5.57 Å². The van der Waals surface area contributed by atoms with E-state index in [-0.39, 0.29) is 6.42 Å². The number of aliphatic hydroxyl groups is 1. The van der Waals surface area contributed by atoms with Crippen LogP contribution in [0.1, 0.15) is 27.2 Å². The first-order valence-electron chi connectivity index (χ1n) is 5.35. The molecule has 0 aromatic carbocycles. The minimum Gasteiger partial charge on any atom is -0.467 e. The molecule has 5 heteroatoms. The molecule has 0 bridgehead atoms. The summed E-state index contributed by atoms with van der Waals surface area (Å²) in [5, 5.41) is 10.00. The lowest BCUT2D eigenvalue weighted by Crippen LogP contribution is -2.43. The Morgan fingerprint density at radius 3 is 2.24 bits per heavy atom. The summed E-state index contributed by atoms with van der Waals surface area (Å²) in [6.07, 6.45) is 1.85. The van der Waals surface area contributed by atoms with Crippen molar-refractivity contribution in [1.29, 1.82) is 0 Å². The highest BCUT2D eigenvalue weighted by Crippen LogP contribution is 2.25. The van der Waals surface area contributed by atoms with Crippen molar-refractivity contribution in [3.05, 3.63) is 11.6 Å². The molecule has 17 heavy (non-hydrogen) atoms. The Morgan fingerprint density at radius 2 is 1.88 bits per heavy atom. The van der Waals surface area contributed by atoms with Crippen molar-refractivity contribution < 1.29 is 24.2 Å². The predicted octanol–water partition coefficient (Wildman–Crippen LogP) is 1.06. The largest absolute Gasteiger partial charge is 0.467 e. The molecule has 1 N–H and O–H groups in total. The van der Waals surface area contributed by atoms with Crippen molar-refractivity contribution >= 4 is 11.9 Å². The standard InChI is InChI=1S/C12H20O5/c1-6-9(10(13)16-4)7-8(2)12(3,15)11(14)17-5/h6,8,15H,7H2,1-5H3/b9-6-/t8-,12-/m1/s1. The van der Waals surface area contributed by atoms with E-state index in [1.54, 1.807) is 19.9 Å². The molecular formula is C12H20O5. The Hall–Kier alpha value is -1.36. The van der Waals surface area contributed by atoms with Gasteiger partial charge in [0.1, 0.15) is 0 Å². The minimum atomic E-state index is -1.63. The summed E-state index contributed by atoms with van der Waals surface area (Å²) >= 11 is 0. The summed E-state index contributed by atoms with van der Waals surface area (Å²) in [5.74, 6) is -1.63. The van der Waals surface area contributed by atoms with Crippen LogP contribution in [0, 0.1) is 5.92 Å². The fourth-order valence-electron chi connectivity index (χ4n) is 1.39. The molecular weight excluding hydrogens is 224 g/mol. The van der Waals surface area contributed by atoms with Crippen LogP contribution in [0.4, 0.5) is 0 Å². The second-order valence-electron chi connectivity index (χ2n) is 4.05. The van der Waals surface area contributed by atoms with Gasteiger partial charge in [0.25, 0.3) is 0 Å². The van der Waals surface area contributed by atoms with Gasteiger partial charge in [0, 0.05) is 5.57 Å². The first kappa shape index (κ1) is 15.6. The van der Waals surface area contributed by atoms with Crippen LogP contribution in [0.2, 0.25) is 0 Å². The molecule has 0 aromatic heterocycles. The lowest BCUT2D eigenvalue weighted by Gasteiger charge is -2.27. The Balaban J connectivity index is 4.79. The van der Waals surface area contributed by atoms with E-state index in [2.05, 4.69) is 9.47 Å². The van der Waals surface area contributed by atoms with Gasteiger partial charge in [0.05, 0.1) is 14.2 Å². The van der Waals surface area contributed by atoms with Gasteiger partial charge in [-0.1, -0.05) is 13.0 Å². The number of esters is 2. The Morgan fingerprint density at radius 1 is 1.35 bits per heavy atom. The summed E-state index contributed by atoms with van der Waals surface area (Å²) in [7, 11) is 2.50. The average Bonchev–Trinajstić information content (AvgIpc) is 2.33. The van der Waals surface area contributed by atoms with Crippen LogP contribution in [0.5, 0.6) is 0 Å². The van der Waals surface area contributed by atoms with Crippen LogP contribution in [-0.4, -0.2) is 36.9 Å². The molecule has 0 amide bonds. The lowest BCUT2D eigenvalue weighted by molar-refractivity contribution is -0.165. The van der Waals surface area contributed by atoms with Gasteiger partial charge in [-0.05, 0) is 26.2 Å². The normalized spacial score (nSPS) is 16.9. The molecule has 0 saturated carbocycles. The van der Waals surface area contributed by atoms with Crippen molar-refractivity contribution in [1.82, 2.24) is 0 Å². The van der Waals surface area contributed by atoms with Crippen LogP contribution in [0.25, 0.3) is 0 Å². The maximum atomic E-state index is 11.4. The van der Waals surface area contributed by atoms with Crippen LogP contribution >= 0.6 is 0 Å². The summed E-state index contributed by atoms with van der Waals surface area (Å²) in [5.41, 5.74) is -1.21. The van der Waals surface area contributed by atoms with E-state index in [0.717, 1.165) is 0 Å². The van der Waals surface area contributed by atoms with Crippen LogP contribution in [0.3, 0.4) is 0 Å². The van der Waals surface area contributed by atoms with Gasteiger partial charge in [-0.3, -0.25) is 0 Å². The molecule has 0 aliphatic rings. The van der Waals surface area contributed by atoms with Gasteiger partial charge in [-0.25, -0.2) is 9.59 Å². The van der Waals surface area contributed by atoms with Gasteiger partial charge >= 0.3 is 11.9 Å². The number of carbonyl (C=O) groups is 2. The van der Waals surface area contributed by atoms with Crippen molar-refractivity contribution in [2.24, 2.45) is 5.92 Å². The SMILES string of the molecule is C/C=C(/C[C@@H](C)[C@@](C)(O)C(=O)OC)C(=O)OC. The summed E-state index contributed by atoms with van der Waals surface area (Å²) in [6, 6.07) is 0. The molecule has 0 fully saturated rings. The van der Waals surface area contributed by atoms with E-state index >= 15 is 0 Å². The number of carbonyl (C=O) groups excluding carboxylic acids is 2. The Labute approximate surface area is 101 Å². The third kappa shape index (κ3) is 3.85. The molecule has 0 aromatic rings. The number of ether oxygens (including phenoxy) is 2. The van der Waals surface area contributed by atoms with Crippen LogP contribution in [0.15, 0.2) is 11.6 Å². The lowest BCUT2D eigenvalue weighted by atomic mass is 9.85. The van der Waals surface area contributed by atoms with Crippen molar-refractivity contribution in [3.8, 4) is 0 Å². The van der Waals surface area contributed by atoms with Gasteiger partial charge in [-0.2, -0.15) is 0 Å². The van der Waals surface area contributed by atoms with E-state index in [1.165, 1.54) is 21.1 Å². The fourth-order valence-corrected chi connectivity index (χ4v) is 1.39. The predicted molar refractivity (Wildman–Crippen MR) is 62.2 cm³/mol. The number of methoxy groups -OCH3 is 2. The average molecular weight is 244 g/mol. The third-order valence-electron chi connectivity index (χ3n) is 2.88. The maximum absolute atomic E-state index is 11.4. The highest BCUT2D eigenvalue weighted by atomic mass is 16.5. The zero-order valence-corrected chi connectivity index (χ0v) is 10.9. The van der Waals surface area contributed by atoms with Gasteiger partial charge in [0.2, 0.25) is 0 Å². The van der Waals surface area contributed by atoms with E-state index in [1.807, 2.05) is 0 Å². The van der Waals surface area contributed by atoms with Gasteiger partial charge < -0.3 is 14.6 Å². The molecule has 5 nitrogen and oxygen atoms in total. The second kappa shape index (κ2) is 6.39. The number of rotatable bonds is 5. The van der Waals surface area contributed by atoms with E-state index in [9.17, 15) is 14.7 Å². The molecule has 98 valence electrons. The smallest absolute Gasteiger partial charge is 0.337 e. The molecule has 0 unspecified atom stereocenters. The number of allylic oxidation sites excluding steroid dienone is 1. The summed E-state index contributed by atoms with van der Waals surface area (Å²) in [6.45, 7) is 4.74. The molecule has 0 radical (unpaired) electrons. The molecule has 0 aliphatic carbocycles. The molecule has 0 rings (SSSR count). The second-order valence-corrected chi connectivity index (χ2v) is 4.05. The molecule has 0 heterocycles. The maximum Gasteiger partial charge on any atom is 0.337 e. The summed E-state index contributed by atoms with van der Waals surface area (Å²) < 4.78 is 9.11. The van der Waals surface area contributed by atoms with Crippen LogP contribution < -0.4 is 0 Å². The topological polar surface area (TPSA) is 72.8 Å².